The van der Waals surface area contributed by atoms with Gasteiger partial charge in [0.1, 0.15) is 5.82 Å². The van der Waals surface area contributed by atoms with E-state index in [1.54, 1.807) is 17.4 Å². The molecule has 2 aromatic rings. The first-order valence-electron chi connectivity index (χ1n) is 6.19. The minimum Gasteiger partial charge on any atom is -0.310 e. The summed E-state index contributed by atoms with van der Waals surface area (Å²) in [4.78, 5) is 4.45. The number of rotatable bonds is 5. The molecule has 0 radical (unpaired) electrons. The number of hydrogen-bond donors (Lipinski definition) is 1. The first-order chi connectivity index (χ1) is 9.10. The number of halogens is 2. The van der Waals surface area contributed by atoms with Crippen molar-refractivity contribution in [3.8, 4) is 0 Å². The van der Waals surface area contributed by atoms with Crippen LogP contribution >= 0.6 is 27.3 Å². The van der Waals surface area contributed by atoms with E-state index in [0.717, 1.165) is 21.7 Å². The normalized spacial score (nSPS) is 12.6. The predicted octanol–water partition coefficient (Wildman–Crippen LogP) is 4.25. The lowest BCUT2D eigenvalue weighted by atomic mass is 10.0. The Hall–Kier alpha value is -0.780. The molecule has 1 aromatic carbocycles. The monoisotopic (exact) mass is 342 g/mol. The molecule has 1 atom stereocenters. The molecule has 0 bridgehead atoms. The molecule has 1 aromatic heterocycles. The Morgan fingerprint density at radius 2 is 2.26 bits per heavy atom. The first-order valence-corrected chi connectivity index (χ1v) is 7.86. The second kappa shape index (κ2) is 6.59. The number of benzene rings is 1. The highest BCUT2D eigenvalue weighted by molar-refractivity contribution is 9.10. The summed E-state index contributed by atoms with van der Waals surface area (Å²) in [6, 6.07) is 5.00. The molecule has 0 spiro atoms. The number of hydrogen-bond acceptors (Lipinski definition) is 3. The van der Waals surface area contributed by atoms with Gasteiger partial charge in [-0.15, -0.1) is 11.3 Å². The Bertz CT molecular complexity index is 556. The van der Waals surface area contributed by atoms with Gasteiger partial charge >= 0.3 is 0 Å². The molecule has 1 N–H and O–H groups in total. The van der Waals surface area contributed by atoms with Crippen molar-refractivity contribution in [3.63, 3.8) is 0 Å². The van der Waals surface area contributed by atoms with E-state index in [9.17, 15) is 4.39 Å². The molecule has 1 heterocycles. The summed E-state index contributed by atoms with van der Waals surface area (Å²) in [5.74, 6) is -0.180. The maximum atomic E-state index is 14.0. The van der Waals surface area contributed by atoms with E-state index in [0.29, 0.717) is 12.0 Å². The molecule has 0 aliphatic carbocycles. The van der Waals surface area contributed by atoms with E-state index >= 15 is 0 Å². The third-order valence-corrected chi connectivity index (χ3v) is 4.18. The quantitative estimate of drug-likeness (QED) is 0.878. The summed E-state index contributed by atoms with van der Waals surface area (Å²) in [5, 5.41) is 6.41. The van der Waals surface area contributed by atoms with Crippen LogP contribution in [0.3, 0.4) is 0 Å². The maximum absolute atomic E-state index is 14.0. The molecular weight excluding hydrogens is 327 g/mol. The van der Waals surface area contributed by atoms with Gasteiger partial charge in [-0.2, -0.15) is 0 Å². The van der Waals surface area contributed by atoms with Gasteiger partial charge < -0.3 is 5.32 Å². The van der Waals surface area contributed by atoms with Gasteiger partial charge in [0.15, 0.2) is 0 Å². The zero-order valence-corrected chi connectivity index (χ0v) is 13.3. The highest BCUT2D eigenvalue weighted by Crippen LogP contribution is 2.25. The van der Waals surface area contributed by atoms with Crippen molar-refractivity contribution >= 4 is 27.3 Å². The van der Waals surface area contributed by atoms with Crippen LogP contribution in [0.25, 0.3) is 0 Å². The fourth-order valence-corrected chi connectivity index (χ4v) is 3.04. The molecule has 2 nitrogen and oxygen atoms in total. The Labute approximate surface area is 125 Å². The smallest absolute Gasteiger partial charge is 0.128 e. The number of aromatic nitrogens is 1. The second-order valence-electron chi connectivity index (χ2n) is 4.34. The number of nitrogens with one attached hydrogen (secondary N) is 1. The van der Waals surface area contributed by atoms with Crippen LogP contribution in [-0.2, 0) is 6.42 Å². The van der Waals surface area contributed by atoms with Crippen LogP contribution in [0.1, 0.15) is 29.2 Å². The van der Waals surface area contributed by atoms with Crippen LogP contribution < -0.4 is 5.32 Å². The van der Waals surface area contributed by atoms with Gasteiger partial charge in [0.05, 0.1) is 10.7 Å². The zero-order chi connectivity index (χ0) is 13.8. The van der Waals surface area contributed by atoms with E-state index in [1.165, 1.54) is 6.07 Å². The lowest BCUT2D eigenvalue weighted by Crippen LogP contribution is -2.24. The van der Waals surface area contributed by atoms with E-state index in [4.69, 9.17) is 0 Å². The molecule has 0 saturated heterocycles. The summed E-state index contributed by atoms with van der Waals surface area (Å²) >= 11 is 5.02. The van der Waals surface area contributed by atoms with Crippen molar-refractivity contribution < 1.29 is 4.39 Å². The van der Waals surface area contributed by atoms with Gasteiger partial charge in [-0.1, -0.05) is 22.9 Å². The Morgan fingerprint density at radius 1 is 1.47 bits per heavy atom. The van der Waals surface area contributed by atoms with Crippen LogP contribution in [0.2, 0.25) is 0 Å². The summed E-state index contributed by atoms with van der Waals surface area (Å²) in [6.07, 6.45) is 0.700. The third kappa shape index (κ3) is 3.84. The molecule has 0 aliphatic heterocycles. The van der Waals surface area contributed by atoms with Crippen molar-refractivity contribution in [2.45, 2.75) is 26.3 Å². The number of aryl methyl sites for hydroxylation is 1. The molecule has 5 heteroatoms. The average Bonchev–Trinajstić information content (AvgIpc) is 2.77. The Morgan fingerprint density at radius 3 is 2.89 bits per heavy atom. The fraction of sp³-hybridized carbons (Fsp3) is 0.357. The standard InChI is InChI=1S/C14H16BrFN2S/c1-3-17-14(7-11-8-19-9(2)18-11)12-6-10(15)4-5-13(12)16/h4-6,8,14,17H,3,7H2,1-2H3. The molecule has 2 rings (SSSR count). The van der Waals surface area contributed by atoms with Crippen LogP contribution in [0.4, 0.5) is 4.39 Å². The largest absolute Gasteiger partial charge is 0.310 e. The second-order valence-corrected chi connectivity index (χ2v) is 6.32. The molecule has 0 fully saturated rings. The van der Waals surface area contributed by atoms with Gasteiger partial charge in [0.2, 0.25) is 0 Å². The molecular formula is C14H16BrFN2S. The highest BCUT2D eigenvalue weighted by atomic mass is 79.9. The van der Waals surface area contributed by atoms with E-state index < -0.39 is 0 Å². The summed E-state index contributed by atoms with van der Waals surface area (Å²) in [5.41, 5.74) is 1.69. The topological polar surface area (TPSA) is 24.9 Å². The Balaban J connectivity index is 2.26. The highest BCUT2D eigenvalue weighted by Gasteiger charge is 2.17. The van der Waals surface area contributed by atoms with Crippen molar-refractivity contribution in [2.24, 2.45) is 0 Å². The minimum absolute atomic E-state index is 0.0519. The fourth-order valence-electron chi connectivity index (χ4n) is 2.03. The predicted molar refractivity (Wildman–Crippen MR) is 81.1 cm³/mol. The molecule has 1 unspecified atom stereocenters. The van der Waals surface area contributed by atoms with Gasteiger partial charge in [0, 0.05) is 27.9 Å². The number of nitrogens with zero attached hydrogens (tertiary/aromatic N) is 1. The van der Waals surface area contributed by atoms with Crippen LogP contribution in [-0.4, -0.2) is 11.5 Å². The van der Waals surface area contributed by atoms with Gasteiger partial charge in [0.25, 0.3) is 0 Å². The summed E-state index contributed by atoms with van der Waals surface area (Å²) < 4.78 is 14.9. The van der Waals surface area contributed by atoms with Crippen molar-refractivity contribution in [1.29, 1.82) is 0 Å². The first kappa shape index (κ1) is 14.6. The van der Waals surface area contributed by atoms with Gasteiger partial charge in [-0.25, -0.2) is 9.37 Å². The van der Waals surface area contributed by atoms with Crippen LogP contribution in [0.15, 0.2) is 28.1 Å². The van der Waals surface area contributed by atoms with Gasteiger partial charge in [-0.05, 0) is 31.7 Å². The summed E-state index contributed by atoms with van der Waals surface area (Å²) in [7, 11) is 0. The van der Waals surface area contributed by atoms with E-state index in [-0.39, 0.29) is 11.9 Å². The van der Waals surface area contributed by atoms with E-state index in [1.807, 2.05) is 25.3 Å². The Kier molecular flexibility index (Phi) is 5.07. The molecule has 0 aliphatic rings. The molecule has 19 heavy (non-hydrogen) atoms. The lowest BCUT2D eigenvalue weighted by Gasteiger charge is -2.18. The van der Waals surface area contributed by atoms with Crippen molar-refractivity contribution in [1.82, 2.24) is 10.3 Å². The number of likely N-dealkylation sites (N-methyl/N-ethyl adjacent to an activating group) is 1. The van der Waals surface area contributed by atoms with Crippen LogP contribution in [0, 0.1) is 12.7 Å². The average molecular weight is 343 g/mol. The van der Waals surface area contributed by atoms with Crippen LogP contribution in [0.5, 0.6) is 0 Å². The maximum Gasteiger partial charge on any atom is 0.128 e. The molecule has 102 valence electrons. The number of thiazole rings is 1. The van der Waals surface area contributed by atoms with E-state index in [2.05, 4.69) is 26.2 Å². The van der Waals surface area contributed by atoms with Crippen molar-refractivity contribution in [2.75, 3.05) is 6.54 Å². The zero-order valence-electron chi connectivity index (χ0n) is 10.9. The molecule has 0 amide bonds. The van der Waals surface area contributed by atoms with Crippen molar-refractivity contribution in [3.05, 3.63) is 50.1 Å². The molecule has 0 saturated carbocycles. The minimum atomic E-state index is -0.180. The lowest BCUT2D eigenvalue weighted by molar-refractivity contribution is 0.506. The SMILES string of the molecule is CCNC(Cc1csc(C)n1)c1cc(Br)ccc1F. The van der Waals surface area contributed by atoms with Gasteiger partial charge in [-0.3, -0.25) is 0 Å². The summed E-state index contributed by atoms with van der Waals surface area (Å²) in [6.45, 7) is 4.80. The third-order valence-electron chi connectivity index (χ3n) is 2.86.